The molecule has 1 saturated carbocycles. The van der Waals surface area contributed by atoms with Crippen LogP contribution >= 0.6 is 11.6 Å². The molecule has 0 atom stereocenters. The Hall–Kier alpha value is -1.75. The molecule has 1 aromatic carbocycles. The largest absolute Gasteiger partial charge is 0.368 e. The van der Waals surface area contributed by atoms with Gasteiger partial charge in [-0.2, -0.15) is 0 Å². The van der Waals surface area contributed by atoms with Crippen molar-refractivity contribution in [2.24, 2.45) is 11.8 Å². The molecule has 1 aromatic rings. The number of halogens is 1. The van der Waals surface area contributed by atoms with Crippen molar-refractivity contribution >= 4 is 29.1 Å². The Kier molecular flexibility index (Phi) is 6.64. The summed E-state index contributed by atoms with van der Waals surface area (Å²) in [6.45, 7) is 7.13. The van der Waals surface area contributed by atoms with Crippen LogP contribution in [0.4, 0.5) is 5.69 Å². The van der Waals surface area contributed by atoms with Gasteiger partial charge in [-0.05, 0) is 57.7 Å². The van der Waals surface area contributed by atoms with Crippen LogP contribution in [0.5, 0.6) is 0 Å². The summed E-state index contributed by atoms with van der Waals surface area (Å²) in [7, 11) is 0. The average molecular weight is 392 g/mol. The van der Waals surface area contributed by atoms with Gasteiger partial charge in [0.15, 0.2) is 0 Å². The van der Waals surface area contributed by atoms with Crippen LogP contribution in [0.1, 0.15) is 39.5 Å². The molecule has 0 aromatic heterocycles. The maximum absolute atomic E-state index is 12.9. The number of anilines is 1. The SMILES string of the molecule is CC(C)NC(=O)C1CCC(C(=O)N2CCN(c3cccc(Cl)c3)CC2)CC1. The summed E-state index contributed by atoms with van der Waals surface area (Å²) in [4.78, 5) is 29.3. The molecule has 1 aliphatic carbocycles. The number of hydrogen-bond donors (Lipinski definition) is 1. The predicted molar refractivity (Wildman–Crippen MR) is 109 cm³/mol. The Morgan fingerprint density at radius 2 is 1.67 bits per heavy atom. The van der Waals surface area contributed by atoms with Gasteiger partial charge >= 0.3 is 0 Å². The summed E-state index contributed by atoms with van der Waals surface area (Å²) in [6.07, 6.45) is 3.28. The molecular weight excluding hydrogens is 362 g/mol. The molecule has 1 saturated heterocycles. The van der Waals surface area contributed by atoms with E-state index in [2.05, 4.69) is 16.3 Å². The van der Waals surface area contributed by atoms with Crippen LogP contribution in [0.15, 0.2) is 24.3 Å². The Balaban J connectivity index is 1.47. The molecule has 3 rings (SSSR count). The second-order valence-electron chi connectivity index (χ2n) is 8.00. The lowest BCUT2D eigenvalue weighted by Crippen LogP contribution is -2.51. The molecule has 2 aliphatic rings. The highest BCUT2D eigenvalue weighted by atomic mass is 35.5. The van der Waals surface area contributed by atoms with Gasteiger partial charge in [-0.1, -0.05) is 17.7 Å². The number of carbonyl (C=O) groups excluding carboxylic acids is 2. The summed E-state index contributed by atoms with van der Waals surface area (Å²) in [5.74, 6) is 0.552. The molecule has 0 radical (unpaired) electrons. The van der Waals surface area contributed by atoms with Crippen molar-refractivity contribution in [2.45, 2.75) is 45.6 Å². The zero-order valence-electron chi connectivity index (χ0n) is 16.3. The highest BCUT2D eigenvalue weighted by Crippen LogP contribution is 2.31. The summed E-state index contributed by atoms with van der Waals surface area (Å²) in [5.41, 5.74) is 1.12. The molecule has 0 bridgehead atoms. The maximum Gasteiger partial charge on any atom is 0.225 e. The average Bonchev–Trinajstić information content (AvgIpc) is 2.67. The molecule has 0 spiro atoms. The minimum Gasteiger partial charge on any atom is -0.368 e. The van der Waals surface area contributed by atoms with Gasteiger partial charge in [0, 0.05) is 54.8 Å². The third-order valence-electron chi connectivity index (χ3n) is 5.64. The molecule has 27 heavy (non-hydrogen) atoms. The van der Waals surface area contributed by atoms with E-state index in [4.69, 9.17) is 11.6 Å². The fourth-order valence-corrected chi connectivity index (χ4v) is 4.31. The second-order valence-corrected chi connectivity index (χ2v) is 8.44. The summed E-state index contributed by atoms with van der Waals surface area (Å²) in [6, 6.07) is 8.05. The highest BCUT2D eigenvalue weighted by Gasteiger charge is 2.33. The van der Waals surface area contributed by atoms with E-state index in [0.717, 1.165) is 62.6 Å². The standard InChI is InChI=1S/C21H30ClN3O2/c1-15(2)23-20(26)16-6-8-17(9-7-16)21(27)25-12-10-24(11-13-25)19-5-3-4-18(22)14-19/h3-5,14-17H,6-13H2,1-2H3,(H,23,26). The lowest BCUT2D eigenvalue weighted by Gasteiger charge is -2.38. The smallest absolute Gasteiger partial charge is 0.225 e. The fourth-order valence-electron chi connectivity index (χ4n) is 4.12. The number of benzene rings is 1. The van der Waals surface area contributed by atoms with Crippen molar-refractivity contribution in [3.05, 3.63) is 29.3 Å². The van der Waals surface area contributed by atoms with E-state index in [-0.39, 0.29) is 29.7 Å². The first kappa shape index (κ1) is 20.0. The first-order valence-electron chi connectivity index (χ1n) is 10.0. The maximum atomic E-state index is 12.9. The van der Waals surface area contributed by atoms with Crippen LogP contribution in [0.3, 0.4) is 0 Å². The van der Waals surface area contributed by atoms with E-state index >= 15 is 0 Å². The zero-order valence-corrected chi connectivity index (χ0v) is 17.0. The number of hydrogen-bond acceptors (Lipinski definition) is 3. The van der Waals surface area contributed by atoms with Gasteiger partial charge in [0.1, 0.15) is 0 Å². The topological polar surface area (TPSA) is 52.7 Å². The molecule has 1 heterocycles. The van der Waals surface area contributed by atoms with Crippen molar-refractivity contribution in [1.82, 2.24) is 10.2 Å². The fraction of sp³-hybridized carbons (Fsp3) is 0.619. The summed E-state index contributed by atoms with van der Waals surface area (Å²) >= 11 is 6.09. The molecule has 2 fully saturated rings. The van der Waals surface area contributed by atoms with Gasteiger partial charge < -0.3 is 15.1 Å². The number of amides is 2. The van der Waals surface area contributed by atoms with Crippen LogP contribution in [0.2, 0.25) is 5.02 Å². The van der Waals surface area contributed by atoms with Gasteiger partial charge in [-0.15, -0.1) is 0 Å². The first-order valence-corrected chi connectivity index (χ1v) is 10.4. The van der Waals surface area contributed by atoms with Gasteiger partial charge in [0.2, 0.25) is 11.8 Å². The Morgan fingerprint density at radius 1 is 1.04 bits per heavy atom. The van der Waals surface area contributed by atoms with Gasteiger partial charge in [0.05, 0.1) is 0 Å². The number of nitrogens with one attached hydrogen (secondary N) is 1. The van der Waals surface area contributed by atoms with Gasteiger partial charge in [-0.25, -0.2) is 0 Å². The third kappa shape index (κ3) is 5.16. The number of rotatable bonds is 4. The Labute approximate surface area is 167 Å². The van der Waals surface area contributed by atoms with E-state index in [1.54, 1.807) is 0 Å². The van der Waals surface area contributed by atoms with Gasteiger partial charge in [0.25, 0.3) is 0 Å². The minimum absolute atomic E-state index is 0.0659. The van der Waals surface area contributed by atoms with Crippen molar-refractivity contribution in [3.63, 3.8) is 0 Å². The van der Waals surface area contributed by atoms with Gasteiger partial charge in [-0.3, -0.25) is 9.59 Å². The molecule has 1 N–H and O–H groups in total. The van der Waals surface area contributed by atoms with Crippen molar-refractivity contribution < 1.29 is 9.59 Å². The normalized spacial score (nSPS) is 23.4. The van der Waals surface area contributed by atoms with E-state index < -0.39 is 0 Å². The molecule has 6 heteroatoms. The monoisotopic (exact) mass is 391 g/mol. The quantitative estimate of drug-likeness (QED) is 0.856. The molecule has 0 unspecified atom stereocenters. The van der Waals surface area contributed by atoms with E-state index in [1.165, 1.54) is 0 Å². The number of piperazine rings is 1. The van der Waals surface area contributed by atoms with Crippen molar-refractivity contribution in [2.75, 3.05) is 31.1 Å². The second kappa shape index (κ2) is 8.96. The van der Waals surface area contributed by atoms with E-state index in [1.807, 2.05) is 36.9 Å². The predicted octanol–water partition coefficient (Wildman–Crippen LogP) is 3.32. The summed E-state index contributed by atoms with van der Waals surface area (Å²) in [5, 5.41) is 3.74. The molecule has 148 valence electrons. The van der Waals surface area contributed by atoms with E-state index in [9.17, 15) is 9.59 Å². The van der Waals surface area contributed by atoms with Crippen LogP contribution in [0.25, 0.3) is 0 Å². The minimum atomic E-state index is 0.0659. The molecule has 5 nitrogen and oxygen atoms in total. The zero-order chi connectivity index (χ0) is 19.4. The number of nitrogens with zero attached hydrogens (tertiary/aromatic N) is 2. The molecular formula is C21H30ClN3O2. The lowest BCUT2D eigenvalue weighted by atomic mass is 9.80. The molecule has 2 amide bonds. The number of carbonyl (C=O) groups is 2. The van der Waals surface area contributed by atoms with Crippen LogP contribution in [-0.4, -0.2) is 48.9 Å². The Morgan fingerprint density at radius 3 is 2.26 bits per heavy atom. The summed E-state index contributed by atoms with van der Waals surface area (Å²) < 4.78 is 0. The Bertz CT molecular complexity index is 663. The van der Waals surface area contributed by atoms with Crippen LogP contribution in [0, 0.1) is 11.8 Å². The van der Waals surface area contributed by atoms with E-state index in [0.29, 0.717) is 0 Å². The highest BCUT2D eigenvalue weighted by molar-refractivity contribution is 6.30. The lowest BCUT2D eigenvalue weighted by molar-refractivity contribution is -0.138. The third-order valence-corrected chi connectivity index (χ3v) is 5.88. The van der Waals surface area contributed by atoms with Crippen molar-refractivity contribution in [3.8, 4) is 0 Å². The first-order chi connectivity index (χ1) is 12.9. The van der Waals surface area contributed by atoms with Crippen LogP contribution < -0.4 is 10.2 Å². The molecule has 1 aliphatic heterocycles. The van der Waals surface area contributed by atoms with Crippen LogP contribution in [-0.2, 0) is 9.59 Å². The van der Waals surface area contributed by atoms with Crippen molar-refractivity contribution in [1.29, 1.82) is 0 Å².